The van der Waals surface area contributed by atoms with E-state index in [9.17, 15) is 64.0 Å². The number of nitro benzene ring substituents is 4. The number of Topliss-reactive ketones (excluding diaryl/α,β-unsaturated/α-hetero) is 2. The van der Waals surface area contributed by atoms with Gasteiger partial charge in [0.1, 0.15) is 11.6 Å². The van der Waals surface area contributed by atoms with Crippen LogP contribution >= 0.6 is 39.9 Å². The SMILES string of the molecule is CO.NCc1ccncc1.O=C(CCc1ccncc1)C1CCN(c2ccc([N+](=O)[O-])c3nonc23)CC1.O=C(CCc1ccncc1)C1CCN(c2ccc([N+](=O)[O-])c3nonc23)CC1.O=C(O)C1CCN(c2ccc([N+](=O)[O-])c3nonc23)CC1.O=C(O)C1CCNCC1.O=CO[O-].O=[N+]([O-])O.O=[N+]([O-])c1ccc(Cl)c2nonc12.[2H]CF.[Ag].[Cl][Pt+2][Cl].[Cl][Pt].[H-].[K+].[K+].[NH-]CC[NH-].[NH-]CC[NH-]. The number of carboxylic acids is 2. The van der Waals surface area contributed by atoms with Crippen LogP contribution in [0.1, 0.15) is 83.7 Å². The number of ketones is 2. The van der Waals surface area contributed by atoms with Crippen LogP contribution in [0, 0.1) is 74.2 Å². The summed E-state index contributed by atoms with van der Waals surface area (Å²) in [5.41, 5.74) is 37.1. The van der Waals surface area contributed by atoms with Gasteiger partial charge in [0.25, 0.3) is 11.6 Å². The summed E-state index contributed by atoms with van der Waals surface area (Å²) in [5, 5.41) is 123. The molecule has 4 saturated heterocycles. The van der Waals surface area contributed by atoms with Gasteiger partial charge in [-0.15, -0.1) is 10.1 Å². The molecule has 0 aliphatic carbocycles. The van der Waals surface area contributed by atoms with E-state index in [1.807, 2.05) is 41.3 Å². The summed E-state index contributed by atoms with van der Waals surface area (Å²) in [5.74, 6) is -1.20. The summed E-state index contributed by atoms with van der Waals surface area (Å²) >= 11 is 6.83. The summed E-state index contributed by atoms with van der Waals surface area (Å²) < 4.78 is 33.9. The number of alkyl halides is 1. The average molecular weight is 2480 g/mol. The molecule has 11 heterocycles. The van der Waals surface area contributed by atoms with Crippen LogP contribution in [0.2, 0.25) is 5.02 Å². The number of nitrogens with zero attached hydrogens (tertiary/aromatic N) is 19. The number of nitrogens with two attached hydrogens (primary N) is 1. The summed E-state index contributed by atoms with van der Waals surface area (Å²) in [7, 11) is 14.4. The molecule has 15 rings (SSSR count). The predicted octanol–water partition coefficient (Wildman–Crippen LogP) is 6.36. The van der Waals surface area contributed by atoms with Crippen LogP contribution in [-0.2, 0) is 106 Å². The van der Waals surface area contributed by atoms with Crippen molar-refractivity contribution in [3.8, 4) is 0 Å². The molecule has 11 N–H and O–H groups in total. The van der Waals surface area contributed by atoms with E-state index in [4.69, 9.17) is 110 Å². The number of nitrogens with one attached hydrogen (secondary N) is 5. The Kier molecular flexibility index (Phi) is 71.5. The van der Waals surface area contributed by atoms with Gasteiger partial charge in [-0.1, -0.05) is 11.6 Å². The summed E-state index contributed by atoms with van der Waals surface area (Å²) in [6.45, 7) is 6.93. The van der Waals surface area contributed by atoms with Gasteiger partial charge in [-0.25, -0.2) is 18.5 Å². The number of rotatable bonds is 21. The quantitative estimate of drug-likeness (QED) is 0.0150. The number of aliphatic hydroxyl groups excluding tert-OH is 1. The standard InChI is InChI=1S/2C19H19N5O4.C12H12N4O5.C6H2ClN3O3.C6H8N2.C6H11NO2.2C2H6N2.CH3F.CH2O3.CH4O.Ag.3ClH.2K.HNO3.2Pt.H/c2*25-17(4-1-13-5-9-20-10-6-13)14-7-11-23(12-8-14)15-2-3-16(24(26)27)19-18(15)21-28-22-19;17-12(18)7-3-5-15(6-4-7)8-1-2-9(16(19)20)11-10(8)13-21-14-11;7-3-1-2-4(10(11)12)6-5(3)8-13-9-6;7-5-6-1-3-8-4-2-6;8-6(9)5-1-3-7-4-2-5;2*3-1-2-4;1-2;2-1-4-3;1-2;;;;;;;2-1(3)4;;;/h2*2-3,5-6,9-10,14H,1,4,7-8,11-12H2;1-2,7H,3-6H2,(H,17,18);1-2H;1-4H,5,7H2;5,7H,1-4H2,(H,8,9);2*3-4H,1-2H2;1H3;1,3H;2H,1H3;;3*1H;;;(H,2,3,4);;;/q;;;;;;2*-2;;;;;;;;2*+1;;+1;+4;-1/p-4/i;;;;;;;;1D;;;;;;;;;;;;. The predicted molar refractivity (Wildman–Crippen MR) is 468 cm³/mol. The Labute approximate surface area is 908 Å². The van der Waals surface area contributed by atoms with E-state index in [2.05, 4.69) is 94.9 Å². The number of carbonyl (C=O) groups excluding carboxylic acids is 3. The van der Waals surface area contributed by atoms with E-state index >= 15 is 0 Å². The minimum atomic E-state index is -1.50. The second-order valence-corrected chi connectivity index (χ2v) is 30.1. The molecule has 7 aromatic heterocycles. The fraction of sp³-hybridized carbons (Fsp3) is 0.413. The maximum absolute atomic E-state index is 12.6. The van der Waals surface area contributed by atoms with Gasteiger partial charge in [-0.2, -0.15) is 26.2 Å². The van der Waals surface area contributed by atoms with Crippen molar-refractivity contribution in [2.45, 2.75) is 83.6 Å². The normalized spacial score (nSPS) is 13.0. The third-order valence-corrected chi connectivity index (χ3v) is 19.1. The number of aliphatic carboxylic acids is 2. The van der Waals surface area contributed by atoms with Crippen molar-refractivity contribution in [3.05, 3.63) is 217 Å². The number of fused-ring (bicyclic) bond motifs is 4. The number of benzene rings is 4. The fourth-order valence-electron chi connectivity index (χ4n) is 12.6. The van der Waals surface area contributed by atoms with Gasteiger partial charge in [0.2, 0.25) is 22.1 Å². The molecule has 135 heavy (non-hydrogen) atoms. The van der Waals surface area contributed by atoms with Crippen LogP contribution in [0.15, 0.2) is 141 Å². The number of aliphatic hydroxyl groups is 1. The van der Waals surface area contributed by atoms with Crippen LogP contribution in [-0.4, -0.2) is 224 Å². The number of anilines is 3. The molecule has 738 valence electrons. The van der Waals surface area contributed by atoms with Gasteiger partial charge in [0.05, 0.1) is 62.1 Å². The van der Waals surface area contributed by atoms with Crippen molar-refractivity contribution in [2.24, 2.45) is 29.4 Å². The Morgan fingerprint density at radius 1 is 0.519 bits per heavy atom. The Morgan fingerprint density at radius 2 is 0.756 bits per heavy atom. The molecule has 4 aromatic carbocycles. The number of aryl methyl sites for hydroxylation is 2. The maximum atomic E-state index is 12.6. The van der Waals surface area contributed by atoms with Crippen molar-refractivity contribution in [2.75, 3.05) is 108 Å². The smallest absolute Gasteiger partial charge is 1.00 e. The number of hydrogen-bond donors (Lipinski definition) is 6. The summed E-state index contributed by atoms with van der Waals surface area (Å²) in [6, 6.07) is 23.3. The molecular weight excluding hydrogens is 2390 g/mol. The third-order valence-electron chi connectivity index (χ3n) is 18.8. The van der Waals surface area contributed by atoms with E-state index in [0.29, 0.717) is 93.7 Å². The van der Waals surface area contributed by atoms with Gasteiger partial charge < -0.3 is 80.8 Å². The summed E-state index contributed by atoms with van der Waals surface area (Å²) in [6.07, 6.45) is 18.6. The molecule has 4 fully saturated rings. The second-order valence-electron chi connectivity index (χ2n) is 26.4. The number of pyridine rings is 3. The van der Waals surface area contributed by atoms with Gasteiger partial charge in [-0.05, 0) is 196 Å². The van der Waals surface area contributed by atoms with Crippen LogP contribution in [0.25, 0.3) is 67.1 Å². The maximum Gasteiger partial charge on any atom is 1.00 e. The Bertz CT molecular complexity index is 5110. The Morgan fingerprint density at radius 3 is 0.993 bits per heavy atom. The number of hydrogen-bond acceptors (Lipinski definition) is 38. The minimum Gasteiger partial charge on any atom is -1.00 e. The number of carbonyl (C=O) groups is 5. The molecule has 0 saturated carbocycles. The molecule has 11 aromatic rings. The molecule has 4 aliphatic rings. The van der Waals surface area contributed by atoms with E-state index in [1.165, 1.54) is 30.3 Å². The number of non-ortho nitro benzene ring substituents is 4. The average Bonchev–Trinajstić information content (AvgIpc) is 1.71. The zero-order valence-corrected chi connectivity index (χ0v) is 87.4. The number of nitro groups is 4. The van der Waals surface area contributed by atoms with E-state index < -0.39 is 60.4 Å². The number of piperidine rings is 4. The van der Waals surface area contributed by atoms with Crippen molar-refractivity contribution in [1.82, 2.24) is 61.5 Å². The number of carboxylic acid groups (broad SMARTS) is 2. The first kappa shape index (κ1) is 127. The Balaban J connectivity index is -0.00000154. The van der Waals surface area contributed by atoms with Gasteiger partial charge in [0.15, 0.2) is 22.1 Å². The zero-order chi connectivity index (χ0) is 99.2. The fourth-order valence-corrected chi connectivity index (χ4v) is 12.8. The Hall–Kier alpha value is -7.96. The number of aromatic nitrogens is 11. The number of halogens is 5. The molecule has 4 aliphatic heterocycles. The molecular formula is C75H93AgCl4FK2N25O25Pt2-2. The van der Waals surface area contributed by atoms with Crippen LogP contribution in [0.3, 0.4) is 0 Å². The van der Waals surface area contributed by atoms with Crippen molar-refractivity contribution < 1.29 is 266 Å². The van der Waals surface area contributed by atoms with Gasteiger partial charge >= 0.3 is 201 Å². The van der Waals surface area contributed by atoms with Crippen LogP contribution < -0.4 is 134 Å². The van der Waals surface area contributed by atoms with E-state index in [1.54, 1.807) is 74.2 Å². The van der Waals surface area contributed by atoms with E-state index in [0.717, 1.165) is 99.6 Å². The zero-order valence-electron chi connectivity index (χ0n) is 74.1. The molecule has 0 bridgehead atoms. The molecule has 0 spiro atoms. The first-order valence-electron chi connectivity index (χ1n) is 39.3. The van der Waals surface area contributed by atoms with Crippen molar-refractivity contribution >= 4 is 154 Å². The molecule has 1 radical (unpaired) electrons. The first-order chi connectivity index (χ1) is 64.1. The van der Waals surface area contributed by atoms with Gasteiger partial charge in [0, 0.05) is 161 Å². The van der Waals surface area contributed by atoms with Gasteiger partial charge in [-0.3, -0.25) is 83.8 Å². The monoisotopic (exact) mass is 2480 g/mol. The molecule has 50 nitrogen and oxygen atoms in total. The van der Waals surface area contributed by atoms with Crippen molar-refractivity contribution in [3.63, 3.8) is 0 Å². The topological polar surface area (TPSA) is 752 Å². The van der Waals surface area contributed by atoms with Crippen molar-refractivity contribution in [1.29, 1.82) is 0 Å². The minimum absolute atomic E-state index is 0. The van der Waals surface area contributed by atoms with Crippen LogP contribution in [0.4, 0.5) is 44.2 Å². The molecule has 60 heteroatoms. The second kappa shape index (κ2) is 76.0. The molecule has 0 amide bonds. The summed E-state index contributed by atoms with van der Waals surface area (Å²) in [4.78, 5) is 126. The van der Waals surface area contributed by atoms with E-state index in [-0.39, 0.29) is 250 Å². The largest absolute Gasteiger partial charge is 1.00 e. The van der Waals surface area contributed by atoms with Crippen LogP contribution in [0.5, 0.6) is 0 Å². The molecule has 0 unspecified atom stereocenters. The third kappa shape index (κ3) is 46.1. The first-order valence-corrected chi connectivity index (χ1v) is 47.4. The molecule has 0 atom stereocenters.